The van der Waals surface area contributed by atoms with Gasteiger partial charge in [-0.1, -0.05) is 11.6 Å². The van der Waals surface area contributed by atoms with Crippen LogP contribution in [-0.2, 0) is 0 Å². The van der Waals surface area contributed by atoms with Crippen molar-refractivity contribution in [1.29, 1.82) is 0 Å². The zero-order valence-electron chi connectivity index (χ0n) is 11.6. The van der Waals surface area contributed by atoms with Gasteiger partial charge in [-0.25, -0.2) is 0 Å². The normalized spacial score (nSPS) is 18.9. The van der Waals surface area contributed by atoms with Gasteiger partial charge in [-0.2, -0.15) is 0 Å². The predicted molar refractivity (Wildman–Crippen MR) is 82.0 cm³/mol. The van der Waals surface area contributed by atoms with Gasteiger partial charge >= 0.3 is 0 Å². The second-order valence-corrected chi connectivity index (χ2v) is 5.90. The summed E-state index contributed by atoms with van der Waals surface area (Å²) < 4.78 is 5.26. The number of piperidine rings is 1. The highest BCUT2D eigenvalue weighted by molar-refractivity contribution is 6.30. The summed E-state index contributed by atoms with van der Waals surface area (Å²) in [4.78, 5) is 14.5. The summed E-state index contributed by atoms with van der Waals surface area (Å²) in [7, 11) is 1.55. The van der Waals surface area contributed by atoms with Crippen molar-refractivity contribution in [2.75, 3.05) is 26.1 Å². The van der Waals surface area contributed by atoms with Crippen LogP contribution in [0.5, 0.6) is 5.75 Å². The number of hydrogen-bond acceptors (Lipinski definition) is 2. The van der Waals surface area contributed by atoms with E-state index < -0.39 is 0 Å². The second-order valence-electron chi connectivity index (χ2n) is 5.08. The molecule has 0 N–H and O–H groups in total. The minimum Gasteiger partial charge on any atom is -0.496 e. The number of hydrogen-bond donors (Lipinski definition) is 0. The Bertz CT molecular complexity index is 477. The van der Waals surface area contributed by atoms with Gasteiger partial charge in [-0.05, 0) is 43.4 Å². The highest BCUT2D eigenvalue weighted by Gasteiger charge is 2.25. The third-order valence-electron chi connectivity index (χ3n) is 3.72. The van der Waals surface area contributed by atoms with Crippen LogP contribution in [-0.4, -0.2) is 36.9 Å². The first kappa shape index (κ1) is 15.5. The summed E-state index contributed by atoms with van der Waals surface area (Å²) in [5, 5.41) is 0.567. The number of nitrogens with zero attached hydrogens (tertiary/aromatic N) is 1. The van der Waals surface area contributed by atoms with Crippen molar-refractivity contribution in [3.8, 4) is 5.75 Å². The molecule has 1 heterocycles. The van der Waals surface area contributed by atoms with Crippen LogP contribution < -0.4 is 4.74 Å². The fourth-order valence-electron chi connectivity index (χ4n) is 2.65. The Morgan fingerprint density at radius 2 is 2.30 bits per heavy atom. The van der Waals surface area contributed by atoms with Gasteiger partial charge in [0.25, 0.3) is 5.91 Å². The fraction of sp³-hybridized carbons (Fsp3) is 0.533. The lowest BCUT2D eigenvalue weighted by Crippen LogP contribution is -2.40. The number of ether oxygens (including phenoxy) is 1. The van der Waals surface area contributed by atoms with E-state index in [-0.39, 0.29) is 5.91 Å². The molecule has 0 bridgehead atoms. The molecule has 0 saturated carbocycles. The molecular weight excluding hydrogens is 297 g/mol. The molecule has 0 aliphatic carbocycles. The molecule has 20 heavy (non-hydrogen) atoms. The van der Waals surface area contributed by atoms with Crippen LogP contribution >= 0.6 is 23.2 Å². The number of amides is 1. The molecule has 1 atom stereocenters. The smallest absolute Gasteiger partial charge is 0.257 e. The first-order valence-corrected chi connectivity index (χ1v) is 7.75. The molecule has 1 unspecified atom stereocenters. The Balaban J connectivity index is 2.14. The first-order chi connectivity index (χ1) is 9.65. The van der Waals surface area contributed by atoms with E-state index in [1.807, 2.05) is 4.90 Å². The van der Waals surface area contributed by atoms with Gasteiger partial charge in [0, 0.05) is 24.0 Å². The Labute approximate surface area is 129 Å². The third kappa shape index (κ3) is 3.58. The number of carbonyl (C=O) groups excluding carboxylic acids is 1. The van der Waals surface area contributed by atoms with Crippen molar-refractivity contribution in [3.05, 3.63) is 28.8 Å². The van der Waals surface area contributed by atoms with Crippen molar-refractivity contribution in [1.82, 2.24) is 4.90 Å². The zero-order valence-corrected chi connectivity index (χ0v) is 13.1. The van der Waals surface area contributed by atoms with Crippen LogP contribution in [0.15, 0.2) is 18.2 Å². The molecule has 1 aromatic carbocycles. The molecule has 1 aliphatic rings. The van der Waals surface area contributed by atoms with Crippen LogP contribution in [0.3, 0.4) is 0 Å². The molecule has 0 radical (unpaired) electrons. The van der Waals surface area contributed by atoms with E-state index in [9.17, 15) is 4.79 Å². The number of alkyl halides is 1. The van der Waals surface area contributed by atoms with Gasteiger partial charge in [0.15, 0.2) is 0 Å². The van der Waals surface area contributed by atoms with Crippen LogP contribution in [0.25, 0.3) is 0 Å². The third-order valence-corrected chi connectivity index (χ3v) is 4.17. The first-order valence-electron chi connectivity index (χ1n) is 6.84. The standard InChI is InChI=1S/C15H19Cl2NO2/c1-20-14-9-12(17)4-5-13(14)15(19)18-8-2-3-11(10-18)6-7-16/h4-5,9,11H,2-3,6-8,10H2,1H3. The number of likely N-dealkylation sites (tertiary alicyclic amines) is 1. The number of methoxy groups -OCH3 is 1. The van der Waals surface area contributed by atoms with Crippen LogP contribution in [0, 0.1) is 5.92 Å². The van der Waals surface area contributed by atoms with Gasteiger partial charge in [-0.15, -0.1) is 11.6 Å². The molecule has 1 amide bonds. The Morgan fingerprint density at radius 3 is 3.00 bits per heavy atom. The van der Waals surface area contributed by atoms with Crippen molar-refractivity contribution >= 4 is 29.1 Å². The Kier molecular flexibility index (Phi) is 5.55. The summed E-state index contributed by atoms with van der Waals surface area (Å²) in [5.74, 6) is 1.69. The van der Waals surface area contributed by atoms with E-state index >= 15 is 0 Å². The minimum absolute atomic E-state index is 0.0118. The summed E-state index contributed by atoms with van der Waals surface area (Å²) in [6.07, 6.45) is 3.14. The molecule has 2 rings (SSSR count). The number of benzene rings is 1. The van der Waals surface area contributed by atoms with Crippen molar-refractivity contribution in [2.24, 2.45) is 5.92 Å². The Morgan fingerprint density at radius 1 is 1.50 bits per heavy atom. The zero-order chi connectivity index (χ0) is 14.5. The lowest BCUT2D eigenvalue weighted by Gasteiger charge is -2.32. The van der Waals surface area contributed by atoms with Crippen LogP contribution in [0.4, 0.5) is 0 Å². The number of halogens is 2. The lowest BCUT2D eigenvalue weighted by atomic mass is 9.95. The Hall–Kier alpha value is -0.930. The van der Waals surface area contributed by atoms with E-state index in [0.717, 1.165) is 32.4 Å². The van der Waals surface area contributed by atoms with Crippen molar-refractivity contribution in [3.63, 3.8) is 0 Å². The molecule has 5 heteroatoms. The molecule has 1 aliphatic heterocycles. The lowest BCUT2D eigenvalue weighted by molar-refractivity contribution is 0.0668. The van der Waals surface area contributed by atoms with E-state index in [1.54, 1.807) is 25.3 Å². The molecule has 1 saturated heterocycles. The SMILES string of the molecule is COc1cc(Cl)ccc1C(=O)N1CCCC(CCCl)C1. The molecule has 1 fully saturated rings. The molecule has 3 nitrogen and oxygen atoms in total. The number of rotatable bonds is 4. The van der Waals surface area contributed by atoms with E-state index in [0.29, 0.717) is 28.1 Å². The van der Waals surface area contributed by atoms with Gasteiger partial charge in [0.1, 0.15) is 5.75 Å². The van der Waals surface area contributed by atoms with Gasteiger partial charge in [-0.3, -0.25) is 4.79 Å². The maximum Gasteiger partial charge on any atom is 0.257 e. The molecule has 1 aromatic rings. The largest absolute Gasteiger partial charge is 0.496 e. The highest BCUT2D eigenvalue weighted by atomic mass is 35.5. The molecule has 0 aromatic heterocycles. The van der Waals surface area contributed by atoms with E-state index in [4.69, 9.17) is 27.9 Å². The van der Waals surface area contributed by atoms with Crippen LogP contribution in [0.2, 0.25) is 5.02 Å². The van der Waals surface area contributed by atoms with Gasteiger partial charge < -0.3 is 9.64 Å². The molecule has 110 valence electrons. The minimum atomic E-state index is 0.0118. The monoisotopic (exact) mass is 315 g/mol. The second kappa shape index (κ2) is 7.19. The average Bonchev–Trinajstić information content (AvgIpc) is 2.47. The topological polar surface area (TPSA) is 29.5 Å². The van der Waals surface area contributed by atoms with E-state index in [1.165, 1.54) is 0 Å². The highest BCUT2D eigenvalue weighted by Crippen LogP contribution is 2.27. The maximum absolute atomic E-state index is 12.6. The quantitative estimate of drug-likeness (QED) is 0.790. The van der Waals surface area contributed by atoms with Gasteiger partial charge in [0.2, 0.25) is 0 Å². The van der Waals surface area contributed by atoms with Crippen LogP contribution in [0.1, 0.15) is 29.6 Å². The maximum atomic E-state index is 12.6. The summed E-state index contributed by atoms with van der Waals surface area (Å²) in [5.41, 5.74) is 0.573. The summed E-state index contributed by atoms with van der Waals surface area (Å²) in [6.45, 7) is 1.57. The summed E-state index contributed by atoms with van der Waals surface area (Å²) >= 11 is 11.7. The van der Waals surface area contributed by atoms with Crippen molar-refractivity contribution < 1.29 is 9.53 Å². The van der Waals surface area contributed by atoms with E-state index in [2.05, 4.69) is 0 Å². The summed E-state index contributed by atoms with van der Waals surface area (Å²) in [6, 6.07) is 5.13. The van der Waals surface area contributed by atoms with Crippen molar-refractivity contribution in [2.45, 2.75) is 19.3 Å². The predicted octanol–water partition coefficient (Wildman–Crippen LogP) is 3.83. The number of carbonyl (C=O) groups is 1. The molecule has 0 spiro atoms. The fourth-order valence-corrected chi connectivity index (χ4v) is 3.12. The average molecular weight is 316 g/mol. The van der Waals surface area contributed by atoms with Gasteiger partial charge in [0.05, 0.1) is 12.7 Å². The molecular formula is C15H19Cl2NO2.